The molecule has 1 heterocycles. The third kappa shape index (κ3) is 2.84. The van der Waals surface area contributed by atoms with Gasteiger partial charge in [-0.25, -0.2) is 9.18 Å². The van der Waals surface area contributed by atoms with Crippen LogP contribution < -0.4 is 0 Å². The fraction of sp³-hybridized carbons (Fsp3) is 0.0833. The van der Waals surface area contributed by atoms with Gasteiger partial charge < -0.3 is 9.52 Å². The Bertz CT molecular complexity index is 588. The van der Waals surface area contributed by atoms with Crippen molar-refractivity contribution in [3.8, 4) is 0 Å². The summed E-state index contributed by atoms with van der Waals surface area (Å²) in [5.74, 6) is -1.40. The fourth-order valence-corrected chi connectivity index (χ4v) is 2.39. The van der Waals surface area contributed by atoms with Crippen molar-refractivity contribution in [2.75, 3.05) is 0 Å². The monoisotopic (exact) mass is 268 g/mol. The van der Waals surface area contributed by atoms with Gasteiger partial charge in [-0.3, -0.25) is 4.21 Å². The van der Waals surface area contributed by atoms with E-state index in [1.165, 1.54) is 36.4 Å². The highest BCUT2D eigenvalue weighted by atomic mass is 32.2. The minimum Gasteiger partial charge on any atom is -0.475 e. The van der Waals surface area contributed by atoms with E-state index in [-0.39, 0.29) is 11.5 Å². The smallest absolute Gasteiger partial charge is 0.371 e. The predicted octanol–water partition coefficient (Wildman–Crippen LogP) is 2.42. The molecule has 1 N–H and O–H groups in total. The lowest BCUT2D eigenvalue weighted by Gasteiger charge is -1.99. The van der Waals surface area contributed by atoms with Gasteiger partial charge in [-0.15, -0.1) is 0 Å². The molecule has 1 aromatic heterocycles. The molecule has 0 aliphatic rings. The van der Waals surface area contributed by atoms with E-state index in [9.17, 15) is 13.4 Å². The second kappa shape index (κ2) is 5.14. The molecule has 2 aromatic rings. The number of hydrogen-bond donors (Lipinski definition) is 1. The highest BCUT2D eigenvalue weighted by Crippen LogP contribution is 2.15. The average molecular weight is 268 g/mol. The van der Waals surface area contributed by atoms with Gasteiger partial charge >= 0.3 is 5.97 Å². The van der Waals surface area contributed by atoms with E-state index in [1.807, 2.05) is 0 Å². The SMILES string of the molecule is O=C(O)c1ccc(CS(=O)c2ccc(F)cc2)o1. The van der Waals surface area contributed by atoms with Crippen molar-refractivity contribution in [1.82, 2.24) is 0 Å². The molecular weight excluding hydrogens is 259 g/mol. The summed E-state index contributed by atoms with van der Waals surface area (Å²) in [5.41, 5.74) is 0. The number of furan rings is 1. The third-order valence-corrected chi connectivity index (χ3v) is 3.57. The van der Waals surface area contributed by atoms with Crippen molar-refractivity contribution >= 4 is 16.8 Å². The summed E-state index contributed by atoms with van der Waals surface area (Å²) in [6.07, 6.45) is 0. The van der Waals surface area contributed by atoms with E-state index in [2.05, 4.69) is 0 Å². The maximum atomic E-state index is 12.7. The van der Waals surface area contributed by atoms with Crippen LogP contribution in [0.2, 0.25) is 0 Å². The van der Waals surface area contributed by atoms with Crippen LogP contribution >= 0.6 is 0 Å². The molecule has 1 aromatic carbocycles. The Morgan fingerprint density at radius 3 is 2.44 bits per heavy atom. The van der Waals surface area contributed by atoms with Crippen LogP contribution in [-0.2, 0) is 16.6 Å². The molecule has 0 saturated heterocycles. The first-order valence-electron chi connectivity index (χ1n) is 5.02. The first-order valence-corrected chi connectivity index (χ1v) is 6.34. The van der Waals surface area contributed by atoms with Crippen molar-refractivity contribution in [2.24, 2.45) is 0 Å². The normalized spacial score (nSPS) is 12.3. The zero-order valence-corrected chi connectivity index (χ0v) is 9.95. The maximum Gasteiger partial charge on any atom is 0.371 e. The van der Waals surface area contributed by atoms with E-state index < -0.39 is 22.6 Å². The molecule has 0 radical (unpaired) electrons. The fourth-order valence-electron chi connectivity index (χ4n) is 1.37. The molecule has 0 bridgehead atoms. The molecule has 0 spiro atoms. The summed E-state index contributed by atoms with van der Waals surface area (Å²) in [7, 11) is -1.40. The van der Waals surface area contributed by atoms with Crippen molar-refractivity contribution in [3.63, 3.8) is 0 Å². The van der Waals surface area contributed by atoms with Gasteiger partial charge in [-0.05, 0) is 36.4 Å². The molecule has 94 valence electrons. The maximum absolute atomic E-state index is 12.7. The molecule has 18 heavy (non-hydrogen) atoms. The van der Waals surface area contributed by atoms with Crippen LogP contribution in [0.1, 0.15) is 16.3 Å². The van der Waals surface area contributed by atoms with Crippen LogP contribution in [0.3, 0.4) is 0 Å². The van der Waals surface area contributed by atoms with Crippen LogP contribution in [0.15, 0.2) is 45.7 Å². The second-order valence-electron chi connectivity index (χ2n) is 3.51. The van der Waals surface area contributed by atoms with Crippen LogP contribution in [0.25, 0.3) is 0 Å². The number of carboxylic acid groups (broad SMARTS) is 1. The molecule has 1 unspecified atom stereocenters. The number of carbonyl (C=O) groups is 1. The minimum atomic E-state index is -1.40. The second-order valence-corrected chi connectivity index (χ2v) is 4.97. The lowest BCUT2D eigenvalue weighted by molar-refractivity contribution is 0.0661. The molecule has 2 rings (SSSR count). The van der Waals surface area contributed by atoms with Gasteiger partial charge in [0.05, 0.1) is 16.6 Å². The molecule has 0 aliphatic heterocycles. The summed E-state index contributed by atoms with van der Waals surface area (Å²) in [5, 5.41) is 8.67. The van der Waals surface area contributed by atoms with Gasteiger partial charge in [0, 0.05) is 4.90 Å². The Morgan fingerprint density at radius 2 is 1.89 bits per heavy atom. The van der Waals surface area contributed by atoms with Gasteiger partial charge in [-0.2, -0.15) is 0 Å². The molecule has 0 aliphatic carbocycles. The van der Waals surface area contributed by atoms with Gasteiger partial charge in [0.25, 0.3) is 0 Å². The summed E-state index contributed by atoms with van der Waals surface area (Å²) < 4.78 is 29.6. The zero-order valence-electron chi connectivity index (χ0n) is 9.13. The Kier molecular flexibility index (Phi) is 3.57. The average Bonchev–Trinajstić information content (AvgIpc) is 2.78. The van der Waals surface area contributed by atoms with E-state index in [0.717, 1.165) is 0 Å². The quantitative estimate of drug-likeness (QED) is 0.924. The largest absolute Gasteiger partial charge is 0.475 e. The third-order valence-electron chi connectivity index (χ3n) is 2.22. The molecule has 6 heteroatoms. The standard InChI is InChI=1S/C12H9FO4S/c13-8-1-4-10(5-2-8)18(16)7-9-3-6-11(17-9)12(14)15/h1-6H,7H2,(H,14,15). The molecular formula is C12H9FO4S. The number of benzene rings is 1. The number of hydrogen-bond acceptors (Lipinski definition) is 3. The Morgan fingerprint density at radius 1 is 1.22 bits per heavy atom. The summed E-state index contributed by atoms with van der Waals surface area (Å²) in [4.78, 5) is 11.1. The van der Waals surface area contributed by atoms with Crippen LogP contribution in [-0.4, -0.2) is 15.3 Å². The first-order chi connectivity index (χ1) is 8.56. The van der Waals surface area contributed by atoms with Gasteiger partial charge in [-0.1, -0.05) is 0 Å². The van der Waals surface area contributed by atoms with Crippen LogP contribution in [0.4, 0.5) is 4.39 Å². The van der Waals surface area contributed by atoms with Gasteiger partial charge in [0.2, 0.25) is 5.76 Å². The van der Waals surface area contributed by atoms with Crippen molar-refractivity contribution in [2.45, 2.75) is 10.6 Å². The highest BCUT2D eigenvalue weighted by Gasteiger charge is 2.12. The van der Waals surface area contributed by atoms with E-state index >= 15 is 0 Å². The topological polar surface area (TPSA) is 67.5 Å². The van der Waals surface area contributed by atoms with Crippen LogP contribution in [0, 0.1) is 5.82 Å². The summed E-state index contributed by atoms with van der Waals surface area (Å²) in [6.45, 7) is 0. The van der Waals surface area contributed by atoms with Crippen LogP contribution in [0.5, 0.6) is 0 Å². The molecule has 0 amide bonds. The summed E-state index contributed by atoms with van der Waals surface area (Å²) >= 11 is 0. The first kappa shape index (κ1) is 12.5. The molecule has 4 nitrogen and oxygen atoms in total. The molecule has 1 atom stereocenters. The van der Waals surface area contributed by atoms with Crippen molar-refractivity contribution in [3.05, 3.63) is 53.7 Å². The number of carboxylic acids is 1. The lowest BCUT2D eigenvalue weighted by atomic mass is 10.4. The van der Waals surface area contributed by atoms with Gasteiger partial charge in [0.1, 0.15) is 11.6 Å². The minimum absolute atomic E-state index is 0.0545. The zero-order chi connectivity index (χ0) is 13.1. The molecule has 0 saturated carbocycles. The van der Waals surface area contributed by atoms with Crippen molar-refractivity contribution < 1.29 is 22.9 Å². The number of aromatic carboxylic acids is 1. The van der Waals surface area contributed by atoms with Crippen molar-refractivity contribution in [1.29, 1.82) is 0 Å². The van der Waals surface area contributed by atoms with E-state index in [0.29, 0.717) is 10.7 Å². The lowest BCUT2D eigenvalue weighted by Crippen LogP contribution is -1.96. The number of rotatable bonds is 4. The highest BCUT2D eigenvalue weighted by molar-refractivity contribution is 7.84. The van der Waals surface area contributed by atoms with E-state index in [4.69, 9.17) is 9.52 Å². The van der Waals surface area contributed by atoms with E-state index in [1.54, 1.807) is 0 Å². The predicted molar refractivity (Wildman–Crippen MR) is 62.2 cm³/mol. The Hall–Kier alpha value is -1.95. The Labute approximate surface area is 105 Å². The summed E-state index contributed by atoms with van der Waals surface area (Å²) in [6, 6.07) is 8.06. The number of halogens is 1. The molecule has 0 fully saturated rings. The Balaban J connectivity index is 2.11. The van der Waals surface area contributed by atoms with Gasteiger partial charge in [0.15, 0.2) is 0 Å².